The number of benzene rings is 1. The molecule has 1 amide bonds. The van der Waals surface area contributed by atoms with Gasteiger partial charge >= 0.3 is 0 Å². The van der Waals surface area contributed by atoms with E-state index in [1.165, 1.54) is 5.56 Å². The van der Waals surface area contributed by atoms with Crippen LogP contribution in [-0.4, -0.2) is 42.7 Å². The average Bonchev–Trinajstić information content (AvgIpc) is 2.86. The molecule has 3 rings (SSSR count). The maximum Gasteiger partial charge on any atom is 0.232 e. The van der Waals surface area contributed by atoms with Crippen LogP contribution in [0, 0.1) is 11.8 Å². The lowest BCUT2D eigenvalue weighted by atomic mass is 9.92. The van der Waals surface area contributed by atoms with Crippen LogP contribution in [0.2, 0.25) is 5.02 Å². The summed E-state index contributed by atoms with van der Waals surface area (Å²) in [4.78, 5) is 14.5. The van der Waals surface area contributed by atoms with Crippen molar-refractivity contribution in [3.8, 4) is 0 Å². The highest BCUT2D eigenvalue weighted by Gasteiger charge is 2.31. The number of thioether (sulfide) groups is 1. The summed E-state index contributed by atoms with van der Waals surface area (Å²) in [5, 5.41) is 4.24. The molecule has 3 nitrogen and oxygen atoms in total. The molecule has 1 aromatic carbocycles. The zero-order chi connectivity index (χ0) is 15.4. The van der Waals surface area contributed by atoms with Crippen molar-refractivity contribution in [3.63, 3.8) is 0 Å². The molecule has 128 valence electrons. The number of likely N-dealkylation sites (tertiary alicyclic amines) is 1. The second kappa shape index (κ2) is 9.16. The van der Waals surface area contributed by atoms with Crippen molar-refractivity contribution in [1.82, 2.24) is 10.2 Å². The molecule has 0 unspecified atom stereocenters. The molecule has 6 heteroatoms. The number of rotatable bonds is 4. The van der Waals surface area contributed by atoms with Crippen LogP contribution < -0.4 is 5.32 Å². The Balaban J connectivity index is 0.00000192. The summed E-state index contributed by atoms with van der Waals surface area (Å²) < 4.78 is 0. The van der Waals surface area contributed by atoms with Gasteiger partial charge in [0.15, 0.2) is 0 Å². The summed E-state index contributed by atoms with van der Waals surface area (Å²) in [6, 6.07) is 7.87. The van der Waals surface area contributed by atoms with Crippen LogP contribution in [0.4, 0.5) is 0 Å². The van der Waals surface area contributed by atoms with Gasteiger partial charge in [-0.3, -0.25) is 4.79 Å². The zero-order valence-electron chi connectivity index (χ0n) is 13.2. The Labute approximate surface area is 153 Å². The Morgan fingerprint density at radius 3 is 2.61 bits per heavy atom. The fourth-order valence-corrected chi connectivity index (χ4v) is 4.53. The molecule has 1 aromatic rings. The largest absolute Gasteiger partial charge is 0.342 e. The smallest absolute Gasteiger partial charge is 0.232 e. The van der Waals surface area contributed by atoms with Gasteiger partial charge in [-0.05, 0) is 55.5 Å². The second-order valence-electron chi connectivity index (χ2n) is 6.26. The van der Waals surface area contributed by atoms with Crippen LogP contribution in [0.1, 0.15) is 18.4 Å². The first-order chi connectivity index (χ1) is 10.7. The predicted octanol–water partition coefficient (Wildman–Crippen LogP) is 3.45. The number of carbonyl (C=O) groups excluding carboxylic acids is 1. The molecule has 2 aliphatic heterocycles. The molecule has 2 heterocycles. The van der Waals surface area contributed by atoms with E-state index in [-0.39, 0.29) is 12.4 Å². The number of nitrogens with one attached hydrogen (secondary N) is 1. The van der Waals surface area contributed by atoms with E-state index in [4.69, 9.17) is 11.6 Å². The fraction of sp³-hybridized carbons (Fsp3) is 0.588. The van der Waals surface area contributed by atoms with Crippen LogP contribution in [0.5, 0.6) is 0 Å². The van der Waals surface area contributed by atoms with Crippen molar-refractivity contribution < 1.29 is 4.79 Å². The van der Waals surface area contributed by atoms with E-state index >= 15 is 0 Å². The van der Waals surface area contributed by atoms with Crippen molar-refractivity contribution in [2.24, 2.45) is 11.8 Å². The summed E-state index contributed by atoms with van der Waals surface area (Å²) in [7, 11) is 0. The number of hydrogen-bond donors (Lipinski definition) is 1. The lowest BCUT2D eigenvalue weighted by Gasteiger charge is -2.20. The quantitative estimate of drug-likeness (QED) is 0.875. The van der Waals surface area contributed by atoms with Crippen molar-refractivity contribution in [1.29, 1.82) is 0 Å². The summed E-state index contributed by atoms with van der Waals surface area (Å²) in [5.74, 6) is 3.25. The highest BCUT2D eigenvalue weighted by molar-refractivity contribution is 7.99. The van der Waals surface area contributed by atoms with Crippen molar-refractivity contribution >= 4 is 41.7 Å². The van der Waals surface area contributed by atoms with E-state index in [0.717, 1.165) is 61.6 Å². The molecule has 0 bridgehead atoms. The number of fused-ring (bicyclic) bond motifs is 1. The molecule has 1 N–H and O–H groups in total. The number of halogens is 2. The minimum absolute atomic E-state index is 0. The van der Waals surface area contributed by atoms with Gasteiger partial charge in [-0.1, -0.05) is 23.7 Å². The Morgan fingerprint density at radius 1 is 1.26 bits per heavy atom. The third kappa shape index (κ3) is 5.28. The maximum absolute atomic E-state index is 12.4. The summed E-state index contributed by atoms with van der Waals surface area (Å²) in [5.41, 5.74) is 1.18. The summed E-state index contributed by atoms with van der Waals surface area (Å²) >= 11 is 7.67. The van der Waals surface area contributed by atoms with Gasteiger partial charge in [0.05, 0.1) is 5.75 Å². The zero-order valence-corrected chi connectivity index (χ0v) is 15.6. The Bertz CT molecular complexity index is 515. The molecule has 0 spiro atoms. The highest BCUT2D eigenvalue weighted by atomic mass is 35.5. The monoisotopic (exact) mass is 374 g/mol. The lowest BCUT2D eigenvalue weighted by molar-refractivity contribution is -0.128. The van der Waals surface area contributed by atoms with Crippen molar-refractivity contribution in [2.75, 3.05) is 31.9 Å². The predicted molar refractivity (Wildman–Crippen MR) is 101 cm³/mol. The van der Waals surface area contributed by atoms with Crippen LogP contribution in [-0.2, 0) is 10.5 Å². The number of amides is 1. The van der Waals surface area contributed by atoms with Crippen LogP contribution in [0.3, 0.4) is 0 Å². The average molecular weight is 375 g/mol. The summed E-state index contributed by atoms with van der Waals surface area (Å²) in [6.07, 6.45) is 2.31. The van der Waals surface area contributed by atoms with Gasteiger partial charge in [0, 0.05) is 23.9 Å². The number of carbonyl (C=O) groups is 1. The molecule has 23 heavy (non-hydrogen) atoms. The SMILES string of the molecule is Cl.O=C(CSCc1cccc(Cl)c1)N1CC[C@@H]2CNC[C@@H]2CC1. The van der Waals surface area contributed by atoms with Gasteiger partial charge in [-0.25, -0.2) is 0 Å². The molecule has 2 fully saturated rings. The lowest BCUT2D eigenvalue weighted by Crippen LogP contribution is -2.34. The Hall–Kier alpha value is -0.420. The topological polar surface area (TPSA) is 32.3 Å². The van der Waals surface area contributed by atoms with Gasteiger partial charge < -0.3 is 10.2 Å². The maximum atomic E-state index is 12.4. The number of hydrogen-bond acceptors (Lipinski definition) is 3. The van der Waals surface area contributed by atoms with E-state index in [9.17, 15) is 4.79 Å². The van der Waals surface area contributed by atoms with Gasteiger partial charge in [-0.15, -0.1) is 24.2 Å². The van der Waals surface area contributed by atoms with Crippen LogP contribution in [0.25, 0.3) is 0 Å². The Kier molecular flexibility index (Phi) is 7.54. The third-order valence-corrected chi connectivity index (χ3v) is 5.98. The van der Waals surface area contributed by atoms with Gasteiger partial charge in [-0.2, -0.15) is 0 Å². The molecule has 2 aliphatic rings. The first-order valence-corrected chi connectivity index (χ1v) is 9.56. The van der Waals surface area contributed by atoms with E-state index in [0.29, 0.717) is 11.7 Å². The summed E-state index contributed by atoms with van der Waals surface area (Å²) in [6.45, 7) is 4.13. The minimum atomic E-state index is 0. The standard InChI is InChI=1S/C17H23ClN2OS.ClH/c18-16-3-1-2-13(8-16)11-22-12-17(21)20-6-4-14-9-19-10-15(14)5-7-20;/h1-3,8,14-15,19H,4-7,9-12H2;1H/t14-,15+;. The van der Waals surface area contributed by atoms with E-state index in [1.807, 2.05) is 18.2 Å². The van der Waals surface area contributed by atoms with Gasteiger partial charge in [0.2, 0.25) is 5.91 Å². The molecule has 2 atom stereocenters. The van der Waals surface area contributed by atoms with Crippen LogP contribution in [0.15, 0.2) is 24.3 Å². The first kappa shape index (κ1) is 18.9. The fourth-order valence-electron chi connectivity index (χ4n) is 3.44. The van der Waals surface area contributed by atoms with E-state index in [2.05, 4.69) is 16.3 Å². The van der Waals surface area contributed by atoms with E-state index < -0.39 is 0 Å². The molecule has 0 saturated carbocycles. The molecular formula is C17H24Cl2N2OS. The van der Waals surface area contributed by atoms with Gasteiger partial charge in [0.25, 0.3) is 0 Å². The van der Waals surface area contributed by atoms with E-state index in [1.54, 1.807) is 11.8 Å². The third-order valence-electron chi connectivity index (χ3n) is 4.76. The number of nitrogens with zero attached hydrogens (tertiary/aromatic N) is 1. The molecule has 2 saturated heterocycles. The molecular weight excluding hydrogens is 351 g/mol. The molecule has 0 radical (unpaired) electrons. The highest BCUT2D eigenvalue weighted by Crippen LogP contribution is 2.27. The van der Waals surface area contributed by atoms with Crippen LogP contribution >= 0.6 is 35.8 Å². The molecule has 0 aromatic heterocycles. The normalized spacial score (nSPS) is 23.8. The first-order valence-electron chi connectivity index (χ1n) is 8.03. The molecule has 0 aliphatic carbocycles. The Morgan fingerprint density at radius 2 is 1.96 bits per heavy atom. The second-order valence-corrected chi connectivity index (χ2v) is 7.68. The van der Waals surface area contributed by atoms with Crippen molar-refractivity contribution in [2.45, 2.75) is 18.6 Å². The van der Waals surface area contributed by atoms with Gasteiger partial charge in [0.1, 0.15) is 0 Å². The minimum Gasteiger partial charge on any atom is -0.342 e. The van der Waals surface area contributed by atoms with Crippen molar-refractivity contribution in [3.05, 3.63) is 34.9 Å².